The summed E-state index contributed by atoms with van der Waals surface area (Å²) >= 11 is 1.20. The van der Waals surface area contributed by atoms with Gasteiger partial charge in [-0.05, 0) is 36.5 Å². The summed E-state index contributed by atoms with van der Waals surface area (Å²) in [6.45, 7) is 6.18. The molecule has 1 aromatic heterocycles. The van der Waals surface area contributed by atoms with Gasteiger partial charge in [-0.2, -0.15) is 0 Å². The predicted octanol–water partition coefficient (Wildman–Crippen LogP) is 4.40. The Bertz CT molecular complexity index is 810. The van der Waals surface area contributed by atoms with Gasteiger partial charge >= 0.3 is 5.97 Å². The van der Waals surface area contributed by atoms with Crippen LogP contribution in [0.4, 0.5) is 5.00 Å². The quantitative estimate of drug-likeness (QED) is 0.760. The van der Waals surface area contributed by atoms with Crippen LogP contribution in [0.2, 0.25) is 0 Å². The van der Waals surface area contributed by atoms with Gasteiger partial charge in [-0.3, -0.25) is 4.72 Å². The average Bonchev–Trinajstić information content (AvgIpc) is 2.91. The van der Waals surface area contributed by atoms with Crippen LogP contribution >= 0.6 is 11.3 Å². The van der Waals surface area contributed by atoms with Gasteiger partial charge < -0.3 is 5.11 Å². The number of nitrogens with one attached hydrogen (secondary N) is 1. The van der Waals surface area contributed by atoms with E-state index in [-0.39, 0.29) is 21.4 Å². The van der Waals surface area contributed by atoms with E-state index < -0.39 is 16.0 Å². The van der Waals surface area contributed by atoms with Gasteiger partial charge in [0.2, 0.25) is 0 Å². The Morgan fingerprint density at radius 3 is 2.38 bits per heavy atom. The number of carboxylic acid groups (broad SMARTS) is 1. The lowest BCUT2D eigenvalue weighted by molar-refractivity contribution is 0.0698. The zero-order valence-corrected chi connectivity index (χ0v) is 15.4. The van der Waals surface area contributed by atoms with E-state index in [0.29, 0.717) is 5.92 Å². The van der Waals surface area contributed by atoms with Crippen LogP contribution in [0, 0.1) is 5.92 Å². The Kier molecular flexibility index (Phi) is 5.66. The van der Waals surface area contributed by atoms with Crippen LogP contribution in [-0.2, 0) is 10.0 Å². The third-order valence-electron chi connectivity index (χ3n) is 3.87. The molecule has 0 amide bonds. The smallest absolute Gasteiger partial charge is 0.338 e. The monoisotopic (exact) mass is 367 g/mol. The zero-order valence-electron chi connectivity index (χ0n) is 13.8. The van der Waals surface area contributed by atoms with Crippen LogP contribution in [0.15, 0.2) is 41.3 Å². The second kappa shape index (κ2) is 7.36. The first kappa shape index (κ1) is 18.5. The first-order chi connectivity index (χ1) is 11.3. The van der Waals surface area contributed by atoms with Gasteiger partial charge in [-0.1, -0.05) is 39.0 Å². The summed E-state index contributed by atoms with van der Waals surface area (Å²) in [5.41, 5.74) is -0.00592. The van der Waals surface area contributed by atoms with Gasteiger partial charge in [0.05, 0.1) is 10.5 Å². The molecule has 0 spiro atoms. The first-order valence-electron chi connectivity index (χ1n) is 7.71. The lowest BCUT2D eigenvalue weighted by Gasteiger charge is -2.16. The van der Waals surface area contributed by atoms with E-state index in [1.165, 1.54) is 23.5 Å². The lowest BCUT2D eigenvalue weighted by Crippen LogP contribution is -2.13. The summed E-state index contributed by atoms with van der Waals surface area (Å²) in [6, 6.07) is 9.50. The fraction of sp³-hybridized carbons (Fsp3) is 0.353. The van der Waals surface area contributed by atoms with Crippen molar-refractivity contribution >= 4 is 32.3 Å². The summed E-state index contributed by atoms with van der Waals surface area (Å²) < 4.78 is 27.4. The number of rotatable bonds is 7. The van der Waals surface area contributed by atoms with Crippen LogP contribution in [0.5, 0.6) is 0 Å². The molecule has 24 heavy (non-hydrogen) atoms. The minimum atomic E-state index is -3.81. The van der Waals surface area contributed by atoms with Gasteiger partial charge in [0, 0.05) is 4.88 Å². The topological polar surface area (TPSA) is 83.5 Å². The molecule has 2 N–H and O–H groups in total. The number of carbonyl (C=O) groups is 1. The van der Waals surface area contributed by atoms with Crippen LogP contribution in [0.25, 0.3) is 0 Å². The summed E-state index contributed by atoms with van der Waals surface area (Å²) in [5, 5.41) is 9.56. The Balaban J connectivity index is 2.43. The molecule has 0 aliphatic carbocycles. The van der Waals surface area contributed by atoms with E-state index in [0.717, 1.165) is 11.3 Å². The summed E-state index contributed by atoms with van der Waals surface area (Å²) in [7, 11) is -3.81. The van der Waals surface area contributed by atoms with E-state index in [9.17, 15) is 18.3 Å². The molecule has 0 aliphatic heterocycles. The molecular weight excluding hydrogens is 346 g/mol. The molecule has 130 valence electrons. The first-order valence-corrected chi connectivity index (χ1v) is 10.0. The van der Waals surface area contributed by atoms with Crippen molar-refractivity contribution < 1.29 is 18.3 Å². The molecule has 2 aromatic rings. The Labute approximate surface area is 146 Å². The minimum absolute atomic E-state index is 0.00592. The van der Waals surface area contributed by atoms with Crippen molar-refractivity contribution in [3.8, 4) is 0 Å². The number of sulfonamides is 1. The molecule has 1 heterocycles. The Morgan fingerprint density at radius 1 is 1.25 bits per heavy atom. The largest absolute Gasteiger partial charge is 0.478 e. The molecule has 5 nitrogen and oxygen atoms in total. The number of hydrogen-bond donors (Lipinski definition) is 2. The van der Waals surface area contributed by atoms with Crippen molar-refractivity contribution in [1.29, 1.82) is 0 Å². The Morgan fingerprint density at radius 2 is 1.88 bits per heavy atom. The van der Waals surface area contributed by atoms with Crippen LogP contribution in [0.3, 0.4) is 0 Å². The maximum absolute atomic E-state index is 12.5. The molecule has 2 rings (SSSR count). The van der Waals surface area contributed by atoms with Crippen LogP contribution in [-0.4, -0.2) is 19.5 Å². The number of carboxylic acids is 1. The van der Waals surface area contributed by atoms with Gasteiger partial charge in [0.15, 0.2) is 0 Å². The number of anilines is 1. The van der Waals surface area contributed by atoms with E-state index in [1.807, 2.05) is 6.92 Å². The predicted molar refractivity (Wildman–Crippen MR) is 96.4 cm³/mol. The molecule has 1 aromatic carbocycles. The normalized spacial score (nSPS) is 13.0. The SMILES string of the molecule is CCC(c1cc(C(=O)O)c(NS(=O)(=O)c2ccccc2)s1)C(C)C. The van der Waals surface area contributed by atoms with E-state index in [1.54, 1.807) is 24.3 Å². The number of hydrogen-bond acceptors (Lipinski definition) is 4. The van der Waals surface area contributed by atoms with Crippen molar-refractivity contribution in [2.45, 2.75) is 38.0 Å². The molecule has 7 heteroatoms. The summed E-state index contributed by atoms with van der Waals surface area (Å²) in [6.07, 6.45) is 0.863. The molecule has 1 atom stereocenters. The van der Waals surface area contributed by atoms with E-state index >= 15 is 0 Å². The maximum atomic E-state index is 12.5. The van der Waals surface area contributed by atoms with Crippen molar-refractivity contribution in [1.82, 2.24) is 0 Å². The number of benzene rings is 1. The van der Waals surface area contributed by atoms with Gasteiger partial charge in [-0.15, -0.1) is 11.3 Å². The van der Waals surface area contributed by atoms with Crippen LogP contribution in [0.1, 0.15) is 48.3 Å². The molecule has 1 unspecified atom stereocenters. The minimum Gasteiger partial charge on any atom is -0.478 e. The highest BCUT2D eigenvalue weighted by Gasteiger charge is 2.25. The molecular formula is C17H21NO4S2. The standard InChI is InChI=1S/C17H21NO4S2/c1-4-13(11(2)3)15-10-14(17(19)20)16(23-15)18-24(21,22)12-8-6-5-7-9-12/h5-11,13,18H,4H2,1-3H3,(H,19,20). The van der Waals surface area contributed by atoms with Gasteiger partial charge in [0.25, 0.3) is 10.0 Å². The van der Waals surface area contributed by atoms with E-state index in [4.69, 9.17) is 0 Å². The average molecular weight is 367 g/mol. The number of thiophene rings is 1. The third-order valence-corrected chi connectivity index (χ3v) is 6.55. The highest BCUT2D eigenvalue weighted by atomic mass is 32.2. The molecule has 0 saturated carbocycles. The lowest BCUT2D eigenvalue weighted by atomic mass is 9.91. The molecule has 0 fully saturated rings. The summed E-state index contributed by atoms with van der Waals surface area (Å²) in [5.74, 6) is -0.598. The highest BCUT2D eigenvalue weighted by molar-refractivity contribution is 7.93. The molecule has 0 saturated heterocycles. The molecule has 0 radical (unpaired) electrons. The number of aromatic carboxylic acids is 1. The zero-order chi connectivity index (χ0) is 17.9. The third kappa shape index (κ3) is 3.96. The van der Waals surface area contributed by atoms with Crippen molar-refractivity contribution in [3.05, 3.63) is 46.8 Å². The van der Waals surface area contributed by atoms with E-state index in [2.05, 4.69) is 18.6 Å². The highest BCUT2D eigenvalue weighted by Crippen LogP contribution is 2.38. The van der Waals surface area contributed by atoms with Gasteiger partial charge in [0.1, 0.15) is 5.00 Å². The summed E-state index contributed by atoms with van der Waals surface area (Å²) in [4.78, 5) is 12.5. The second-order valence-corrected chi connectivity index (χ2v) is 8.64. The Hall–Kier alpha value is -1.86. The van der Waals surface area contributed by atoms with Crippen LogP contribution < -0.4 is 4.72 Å². The van der Waals surface area contributed by atoms with Crippen molar-refractivity contribution in [3.63, 3.8) is 0 Å². The maximum Gasteiger partial charge on any atom is 0.338 e. The molecule has 0 bridgehead atoms. The molecule has 0 aliphatic rings. The van der Waals surface area contributed by atoms with Gasteiger partial charge in [-0.25, -0.2) is 13.2 Å². The second-order valence-electron chi connectivity index (χ2n) is 5.87. The van der Waals surface area contributed by atoms with Crippen molar-refractivity contribution in [2.75, 3.05) is 4.72 Å². The fourth-order valence-electron chi connectivity index (χ4n) is 2.61. The fourth-order valence-corrected chi connectivity index (χ4v) is 5.35. The van der Waals surface area contributed by atoms with Crippen molar-refractivity contribution in [2.24, 2.45) is 5.92 Å².